The number of pyridine rings is 2. The number of nitrogens with one attached hydrogen (secondary N) is 2. The number of nitriles is 1. The molecule has 1 atom stereocenters. The second-order valence-corrected chi connectivity index (χ2v) is 9.63. The van der Waals surface area contributed by atoms with E-state index < -0.39 is 0 Å². The van der Waals surface area contributed by atoms with Gasteiger partial charge in [-0.25, -0.2) is 4.68 Å². The Kier molecular flexibility index (Phi) is 6.57. The van der Waals surface area contributed by atoms with Gasteiger partial charge < -0.3 is 20.1 Å². The lowest BCUT2D eigenvalue weighted by atomic mass is 10.0. The standard InChI is InChI=1S/C26H25ClN8O2/c27-22-9-19(8-21-24(17(10-28)12-30-26(21)22)31-18-3-6-36-7-4-18)32-25(16-2-1-5-29-11-16)23-13-35(34-33-23)20-14-37-15-20/h1-2,5,8-9,11-13,18,20,25,32H,3-4,6-7,14-15H2,(H,30,31)/t25-/m0/s1. The van der Waals surface area contributed by atoms with Gasteiger partial charge in [-0.3, -0.25) is 9.97 Å². The lowest BCUT2D eigenvalue weighted by Crippen LogP contribution is -2.31. The third-order valence-electron chi connectivity index (χ3n) is 6.76. The molecule has 4 aromatic rings. The summed E-state index contributed by atoms with van der Waals surface area (Å²) in [7, 11) is 0. The Morgan fingerprint density at radius 3 is 2.76 bits per heavy atom. The van der Waals surface area contributed by atoms with Crippen molar-refractivity contribution in [3.63, 3.8) is 0 Å². The topological polar surface area (TPSA) is 123 Å². The van der Waals surface area contributed by atoms with Gasteiger partial charge in [-0.05, 0) is 36.6 Å². The van der Waals surface area contributed by atoms with Gasteiger partial charge in [0.25, 0.3) is 0 Å². The van der Waals surface area contributed by atoms with Gasteiger partial charge in [0.2, 0.25) is 0 Å². The molecule has 37 heavy (non-hydrogen) atoms. The predicted octanol–water partition coefficient (Wildman–Crippen LogP) is 4.11. The van der Waals surface area contributed by atoms with Crippen molar-refractivity contribution in [3.8, 4) is 6.07 Å². The number of ether oxygens (including phenoxy) is 2. The molecule has 2 N–H and O–H groups in total. The number of rotatable bonds is 7. The van der Waals surface area contributed by atoms with Crippen molar-refractivity contribution in [1.82, 2.24) is 25.0 Å². The molecule has 0 aliphatic carbocycles. The molecule has 2 aliphatic rings. The van der Waals surface area contributed by atoms with E-state index in [0.717, 1.165) is 40.9 Å². The van der Waals surface area contributed by atoms with Crippen LogP contribution in [0.3, 0.4) is 0 Å². The summed E-state index contributed by atoms with van der Waals surface area (Å²) in [6.07, 6.45) is 8.78. The molecule has 0 amide bonds. The molecule has 2 fully saturated rings. The van der Waals surface area contributed by atoms with Crippen molar-refractivity contribution in [2.45, 2.75) is 31.0 Å². The summed E-state index contributed by atoms with van der Waals surface area (Å²) < 4.78 is 12.7. The van der Waals surface area contributed by atoms with Gasteiger partial charge in [0.05, 0.1) is 47.2 Å². The lowest BCUT2D eigenvalue weighted by Gasteiger charge is -2.26. The minimum Gasteiger partial charge on any atom is -0.381 e. The summed E-state index contributed by atoms with van der Waals surface area (Å²) in [5, 5.41) is 27.0. The molecular weight excluding hydrogens is 492 g/mol. The maximum Gasteiger partial charge on any atom is 0.110 e. The van der Waals surface area contributed by atoms with Gasteiger partial charge in [-0.1, -0.05) is 22.9 Å². The third kappa shape index (κ3) is 4.81. The van der Waals surface area contributed by atoms with Crippen LogP contribution in [0, 0.1) is 11.3 Å². The van der Waals surface area contributed by atoms with Gasteiger partial charge in [-0.2, -0.15) is 5.26 Å². The highest BCUT2D eigenvalue weighted by atomic mass is 35.5. The van der Waals surface area contributed by atoms with E-state index in [1.807, 2.05) is 35.1 Å². The zero-order valence-electron chi connectivity index (χ0n) is 20.0. The first-order chi connectivity index (χ1) is 18.2. The van der Waals surface area contributed by atoms with Gasteiger partial charge in [-0.15, -0.1) is 5.10 Å². The zero-order valence-corrected chi connectivity index (χ0v) is 20.7. The highest BCUT2D eigenvalue weighted by Crippen LogP contribution is 2.36. The Hall–Kier alpha value is -3.78. The summed E-state index contributed by atoms with van der Waals surface area (Å²) >= 11 is 6.73. The van der Waals surface area contributed by atoms with E-state index in [4.69, 9.17) is 21.1 Å². The maximum absolute atomic E-state index is 9.82. The van der Waals surface area contributed by atoms with E-state index in [2.05, 4.69) is 37.0 Å². The number of benzene rings is 1. The Labute approximate surface area is 218 Å². The van der Waals surface area contributed by atoms with Gasteiger partial charge in [0.15, 0.2) is 0 Å². The fourth-order valence-electron chi connectivity index (χ4n) is 4.65. The molecule has 5 heterocycles. The van der Waals surface area contributed by atoms with E-state index in [-0.39, 0.29) is 18.1 Å². The van der Waals surface area contributed by atoms with Crippen LogP contribution in [0.25, 0.3) is 10.9 Å². The van der Waals surface area contributed by atoms with Crippen LogP contribution in [-0.4, -0.2) is 57.4 Å². The highest BCUT2D eigenvalue weighted by molar-refractivity contribution is 6.35. The average Bonchev–Trinajstić information content (AvgIpc) is 3.37. The molecule has 11 heteroatoms. The Morgan fingerprint density at radius 1 is 1.16 bits per heavy atom. The third-order valence-corrected chi connectivity index (χ3v) is 7.05. The number of aromatic nitrogens is 5. The molecule has 3 aromatic heterocycles. The first kappa shape index (κ1) is 23.6. The Bertz CT molecular complexity index is 1440. The second-order valence-electron chi connectivity index (χ2n) is 9.22. The number of hydrogen-bond acceptors (Lipinski definition) is 9. The van der Waals surface area contributed by atoms with Crippen molar-refractivity contribution < 1.29 is 9.47 Å². The lowest BCUT2D eigenvalue weighted by molar-refractivity contribution is -0.0293. The number of anilines is 2. The van der Waals surface area contributed by atoms with Crippen molar-refractivity contribution >= 4 is 33.9 Å². The smallest absolute Gasteiger partial charge is 0.110 e. The molecule has 10 nitrogen and oxygen atoms in total. The summed E-state index contributed by atoms with van der Waals surface area (Å²) in [6.45, 7) is 2.64. The molecule has 0 spiro atoms. The monoisotopic (exact) mass is 516 g/mol. The van der Waals surface area contributed by atoms with E-state index in [0.29, 0.717) is 42.5 Å². The van der Waals surface area contributed by atoms with Crippen molar-refractivity contribution in [2.75, 3.05) is 37.1 Å². The van der Waals surface area contributed by atoms with Crippen LogP contribution in [0.2, 0.25) is 5.02 Å². The van der Waals surface area contributed by atoms with Crippen molar-refractivity contribution in [3.05, 3.63) is 70.9 Å². The molecule has 188 valence electrons. The average molecular weight is 517 g/mol. The SMILES string of the molecule is N#Cc1cnc2c(Cl)cc(N[C@@H](c3cccnc3)c3cn(C4COC4)nn3)cc2c1NC1CCOCC1. The van der Waals surface area contributed by atoms with Crippen LogP contribution in [0.15, 0.2) is 49.1 Å². The van der Waals surface area contributed by atoms with E-state index >= 15 is 0 Å². The summed E-state index contributed by atoms with van der Waals surface area (Å²) in [5.74, 6) is 0. The van der Waals surface area contributed by atoms with Crippen molar-refractivity contribution in [1.29, 1.82) is 5.26 Å². The molecular formula is C26H25ClN8O2. The van der Waals surface area contributed by atoms with Crippen LogP contribution < -0.4 is 10.6 Å². The number of hydrogen-bond donors (Lipinski definition) is 2. The Balaban J connectivity index is 1.39. The van der Waals surface area contributed by atoms with E-state index in [1.54, 1.807) is 18.6 Å². The molecule has 1 aromatic carbocycles. The molecule has 0 radical (unpaired) electrons. The van der Waals surface area contributed by atoms with Crippen LogP contribution in [0.1, 0.15) is 41.7 Å². The zero-order chi connectivity index (χ0) is 25.2. The Morgan fingerprint density at radius 2 is 2.03 bits per heavy atom. The summed E-state index contributed by atoms with van der Waals surface area (Å²) in [5.41, 5.74) is 4.29. The second kappa shape index (κ2) is 10.3. The first-order valence-corrected chi connectivity index (χ1v) is 12.6. The van der Waals surface area contributed by atoms with Crippen LogP contribution >= 0.6 is 11.6 Å². The quantitative estimate of drug-likeness (QED) is 0.373. The van der Waals surface area contributed by atoms with E-state index in [9.17, 15) is 5.26 Å². The summed E-state index contributed by atoms with van der Waals surface area (Å²) in [6, 6.07) is 10.0. The minimum atomic E-state index is -0.323. The molecule has 2 saturated heterocycles. The van der Waals surface area contributed by atoms with Crippen LogP contribution in [0.5, 0.6) is 0 Å². The molecule has 0 saturated carbocycles. The maximum atomic E-state index is 9.82. The van der Waals surface area contributed by atoms with Crippen molar-refractivity contribution in [2.24, 2.45) is 0 Å². The minimum absolute atomic E-state index is 0.195. The number of halogens is 1. The van der Waals surface area contributed by atoms with Gasteiger partial charge in [0.1, 0.15) is 17.8 Å². The molecule has 0 unspecified atom stereocenters. The first-order valence-electron chi connectivity index (χ1n) is 12.2. The predicted molar refractivity (Wildman–Crippen MR) is 139 cm³/mol. The fourth-order valence-corrected chi connectivity index (χ4v) is 4.92. The normalized spacial score (nSPS) is 17.2. The van der Waals surface area contributed by atoms with Crippen LogP contribution in [-0.2, 0) is 9.47 Å². The largest absolute Gasteiger partial charge is 0.381 e. The van der Waals surface area contributed by atoms with Gasteiger partial charge >= 0.3 is 0 Å². The number of nitrogens with zero attached hydrogens (tertiary/aromatic N) is 6. The summed E-state index contributed by atoms with van der Waals surface area (Å²) in [4.78, 5) is 8.79. The molecule has 6 rings (SSSR count). The fraction of sp³-hybridized carbons (Fsp3) is 0.346. The highest BCUT2D eigenvalue weighted by Gasteiger charge is 2.25. The molecule has 2 aliphatic heterocycles. The number of fused-ring (bicyclic) bond motifs is 1. The van der Waals surface area contributed by atoms with Gasteiger partial charge in [0, 0.05) is 48.9 Å². The van der Waals surface area contributed by atoms with E-state index in [1.165, 1.54) is 0 Å². The molecule has 0 bridgehead atoms. The van der Waals surface area contributed by atoms with Crippen LogP contribution in [0.4, 0.5) is 11.4 Å².